The predicted molar refractivity (Wildman–Crippen MR) is 139 cm³/mol. The van der Waals surface area contributed by atoms with Crippen LogP contribution in [0.15, 0.2) is 71.6 Å². The number of para-hydroxylation sites is 3. The van der Waals surface area contributed by atoms with E-state index in [0.717, 1.165) is 16.7 Å². The predicted octanol–water partition coefficient (Wildman–Crippen LogP) is 6.34. The molecule has 0 unspecified atom stereocenters. The van der Waals surface area contributed by atoms with Crippen molar-refractivity contribution in [2.24, 2.45) is 0 Å². The van der Waals surface area contributed by atoms with Gasteiger partial charge in [0.05, 0.1) is 29.1 Å². The van der Waals surface area contributed by atoms with E-state index >= 15 is 0 Å². The molecule has 184 valence electrons. The zero-order valence-electron chi connectivity index (χ0n) is 18.9. The maximum Gasteiger partial charge on any atom is 0.345 e. The highest BCUT2D eigenvalue weighted by Crippen LogP contribution is 2.34. The summed E-state index contributed by atoms with van der Waals surface area (Å²) in [5.41, 5.74) is 0.595. The van der Waals surface area contributed by atoms with Gasteiger partial charge in [-0.1, -0.05) is 53.5 Å². The summed E-state index contributed by atoms with van der Waals surface area (Å²) in [4.78, 5) is 39.4. The van der Waals surface area contributed by atoms with E-state index in [4.69, 9.17) is 37.4 Å². The van der Waals surface area contributed by atoms with E-state index in [1.165, 1.54) is 31.4 Å². The Morgan fingerprint density at radius 3 is 2.39 bits per heavy atom. The molecule has 0 saturated carbocycles. The smallest absolute Gasteiger partial charge is 0.345 e. The van der Waals surface area contributed by atoms with Crippen molar-refractivity contribution in [3.05, 3.63) is 92.8 Å². The lowest BCUT2D eigenvalue weighted by Crippen LogP contribution is -2.32. The zero-order chi connectivity index (χ0) is 25.7. The molecule has 0 aromatic heterocycles. The number of hydrogen-bond donors (Lipinski definition) is 0. The van der Waals surface area contributed by atoms with Gasteiger partial charge < -0.3 is 14.2 Å². The minimum Gasteiger partial charge on any atom is -0.493 e. The van der Waals surface area contributed by atoms with Crippen molar-refractivity contribution in [3.63, 3.8) is 0 Å². The number of benzene rings is 3. The largest absolute Gasteiger partial charge is 0.493 e. The van der Waals surface area contributed by atoms with Gasteiger partial charge in [-0.25, -0.2) is 4.79 Å². The molecule has 0 aliphatic carbocycles. The quantitative estimate of drug-likeness (QED) is 0.186. The molecule has 0 spiro atoms. The number of ether oxygens (including phenoxy) is 3. The number of nitrogens with zero attached hydrogens (tertiary/aromatic N) is 1. The van der Waals surface area contributed by atoms with Gasteiger partial charge in [0.25, 0.3) is 11.1 Å². The van der Waals surface area contributed by atoms with Gasteiger partial charge in [-0.15, -0.1) is 0 Å². The number of amides is 2. The monoisotopic (exact) mass is 543 g/mol. The fraction of sp³-hybridized carbons (Fsp3) is 0.115. The number of thioether (sulfide) groups is 1. The molecule has 1 aliphatic heterocycles. The first kappa shape index (κ1) is 25.6. The van der Waals surface area contributed by atoms with Crippen LogP contribution in [0.5, 0.6) is 17.2 Å². The first-order valence-corrected chi connectivity index (χ1v) is 12.2. The van der Waals surface area contributed by atoms with E-state index in [2.05, 4.69) is 0 Å². The molecule has 0 bridgehead atoms. The van der Waals surface area contributed by atoms with Crippen LogP contribution in [0, 0.1) is 0 Å². The molecular formula is C26H19Cl2NO6S. The van der Waals surface area contributed by atoms with Crippen LogP contribution in [-0.2, 0) is 4.79 Å². The number of imide groups is 1. The fourth-order valence-corrected chi connectivity index (χ4v) is 4.66. The number of rotatable bonds is 8. The minimum atomic E-state index is -0.681. The lowest BCUT2D eigenvalue weighted by molar-refractivity contribution is -0.123. The summed E-state index contributed by atoms with van der Waals surface area (Å²) in [6.45, 7) is 0.160. The number of carbonyl (C=O) groups excluding carboxylic acids is 3. The maximum atomic E-state index is 12.9. The molecule has 2 amide bonds. The van der Waals surface area contributed by atoms with Gasteiger partial charge in [-0.05, 0) is 54.2 Å². The van der Waals surface area contributed by atoms with Crippen LogP contribution in [-0.4, -0.2) is 42.3 Å². The van der Waals surface area contributed by atoms with Crippen LogP contribution in [0.25, 0.3) is 6.08 Å². The van der Waals surface area contributed by atoms with Gasteiger partial charge >= 0.3 is 5.97 Å². The van der Waals surface area contributed by atoms with Crippen LogP contribution in [0.4, 0.5) is 4.79 Å². The summed E-state index contributed by atoms with van der Waals surface area (Å²) >= 11 is 12.8. The third kappa shape index (κ3) is 5.84. The Balaban J connectivity index is 1.46. The average Bonchev–Trinajstić information content (AvgIpc) is 3.12. The Kier molecular flexibility index (Phi) is 8.20. The molecule has 1 aliphatic rings. The SMILES string of the molecule is COc1ccccc1OCCN1C(=O)S/C(=C\c2ccccc2OC(=O)c2ccc(Cl)cc2Cl)C1=O. The Hall–Kier alpha value is -3.46. The van der Waals surface area contributed by atoms with Gasteiger partial charge in [0.1, 0.15) is 12.4 Å². The first-order valence-electron chi connectivity index (χ1n) is 10.6. The number of halogens is 2. The number of esters is 1. The maximum absolute atomic E-state index is 12.9. The van der Waals surface area contributed by atoms with Crippen molar-refractivity contribution < 1.29 is 28.6 Å². The van der Waals surface area contributed by atoms with Gasteiger partial charge in [-0.2, -0.15) is 0 Å². The molecule has 36 heavy (non-hydrogen) atoms. The average molecular weight is 544 g/mol. The second kappa shape index (κ2) is 11.5. The van der Waals surface area contributed by atoms with E-state index in [0.29, 0.717) is 22.1 Å². The Morgan fingerprint density at radius 2 is 1.67 bits per heavy atom. The van der Waals surface area contributed by atoms with Crippen molar-refractivity contribution >= 4 is 58.2 Å². The summed E-state index contributed by atoms with van der Waals surface area (Å²) < 4.78 is 16.4. The molecule has 0 N–H and O–H groups in total. The zero-order valence-corrected chi connectivity index (χ0v) is 21.2. The number of hydrogen-bond acceptors (Lipinski definition) is 7. The van der Waals surface area contributed by atoms with Crippen LogP contribution >= 0.6 is 35.0 Å². The normalized spacial score (nSPS) is 14.3. The third-order valence-electron chi connectivity index (χ3n) is 5.07. The fourth-order valence-electron chi connectivity index (χ4n) is 3.32. The van der Waals surface area contributed by atoms with Crippen LogP contribution in [0.3, 0.4) is 0 Å². The summed E-state index contributed by atoms with van der Waals surface area (Å²) in [5.74, 6) is 0.131. The Bertz CT molecular complexity index is 1360. The molecule has 4 rings (SSSR count). The van der Waals surface area contributed by atoms with E-state index in [1.54, 1.807) is 42.5 Å². The highest BCUT2D eigenvalue weighted by atomic mass is 35.5. The highest BCUT2D eigenvalue weighted by Gasteiger charge is 2.35. The minimum absolute atomic E-state index is 0.0613. The molecule has 3 aromatic carbocycles. The lowest BCUT2D eigenvalue weighted by Gasteiger charge is -2.14. The molecule has 7 nitrogen and oxygen atoms in total. The Labute approximate surface area is 221 Å². The van der Waals surface area contributed by atoms with Crippen LogP contribution in [0.2, 0.25) is 10.0 Å². The second-order valence-corrected chi connectivity index (χ2v) is 9.22. The summed E-state index contributed by atoms with van der Waals surface area (Å²) in [6, 6.07) is 18.2. The van der Waals surface area contributed by atoms with Crippen molar-refractivity contribution in [1.29, 1.82) is 0 Å². The topological polar surface area (TPSA) is 82.1 Å². The van der Waals surface area contributed by atoms with Crippen molar-refractivity contribution in [2.45, 2.75) is 0 Å². The Morgan fingerprint density at radius 1 is 0.972 bits per heavy atom. The molecular weight excluding hydrogens is 525 g/mol. The summed E-state index contributed by atoms with van der Waals surface area (Å²) in [6.07, 6.45) is 1.51. The second-order valence-electron chi connectivity index (χ2n) is 7.38. The van der Waals surface area contributed by atoms with Gasteiger partial charge in [0.2, 0.25) is 0 Å². The molecule has 0 atom stereocenters. The molecule has 10 heteroatoms. The summed E-state index contributed by atoms with van der Waals surface area (Å²) in [5, 5.41) is 0.125. The molecule has 0 radical (unpaired) electrons. The van der Waals surface area contributed by atoms with E-state index in [1.807, 2.05) is 6.07 Å². The van der Waals surface area contributed by atoms with E-state index in [9.17, 15) is 14.4 Å². The first-order chi connectivity index (χ1) is 17.4. The van der Waals surface area contributed by atoms with Crippen molar-refractivity contribution in [1.82, 2.24) is 4.90 Å². The summed E-state index contributed by atoms with van der Waals surface area (Å²) in [7, 11) is 1.53. The van der Waals surface area contributed by atoms with Gasteiger partial charge in [0.15, 0.2) is 11.5 Å². The lowest BCUT2D eigenvalue weighted by atomic mass is 10.1. The molecule has 1 heterocycles. The van der Waals surface area contributed by atoms with Crippen LogP contribution < -0.4 is 14.2 Å². The third-order valence-corrected chi connectivity index (χ3v) is 6.53. The highest BCUT2D eigenvalue weighted by molar-refractivity contribution is 8.18. The van der Waals surface area contributed by atoms with Gasteiger partial charge in [0, 0.05) is 10.6 Å². The molecule has 1 saturated heterocycles. The molecule has 3 aromatic rings. The van der Waals surface area contributed by atoms with E-state index in [-0.39, 0.29) is 34.4 Å². The van der Waals surface area contributed by atoms with Crippen LogP contribution in [0.1, 0.15) is 15.9 Å². The van der Waals surface area contributed by atoms with Crippen molar-refractivity contribution in [2.75, 3.05) is 20.3 Å². The van der Waals surface area contributed by atoms with E-state index < -0.39 is 17.1 Å². The number of carbonyl (C=O) groups is 3. The van der Waals surface area contributed by atoms with Gasteiger partial charge in [-0.3, -0.25) is 14.5 Å². The van der Waals surface area contributed by atoms with Crippen molar-refractivity contribution in [3.8, 4) is 17.2 Å². The standard InChI is InChI=1S/C26H19Cl2NO6S/c1-33-21-8-4-5-9-22(21)34-13-12-29-24(30)23(36-26(29)32)14-16-6-2-3-7-20(16)35-25(31)18-11-10-17(27)15-19(18)28/h2-11,14-15H,12-13H2,1H3/b23-14-. The molecule has 1 fully saturated rings. The number of methoxy groups -OCH3 is 1.